The van der Waals surface area contributed by atoms with Gasteiger partial charge in [-0.3, -0.25) is 4.79 Å². The van der Waals surface area contributed by atoms with Gasteiger partial charge >= 0.3 is 0 Å². The number of halogens is 1. The van der Waals surface area contributed by atoms with Crippen molar-refractivity contribution in [1.82, 2.24) is 0 Å². The van der Waals surface area contributed by atoms with Crippen LogP contribution in [0.4, 0.5) is 15.8 Å². The first-order valence-electron chi connectivity index (χ1n) is 5.54. The van der Waals surface area contributed by atoms with Crippen LogP contribution in [0.1, 0.15) is 6.42 Å². The number of nitrogens with one attached hydrogen (secondary N) is 1. The summed E-state index contributed by atoms with van der Waals surface area (Å²) in [4.78, 5) is 13.4. The van der Waals surface area contributed by atoms with Crippen LogP contribution in [0.25, 0.3) is 0 Å². The van der Waals surface area contributed by atoms with Crippen LogP contribution in [0.5, 0.6) is 0 Å². The number of ether oxygens (including phenoxy) is 1. The van der Waals surface area contributed by atoms with Crippen molar-refractivity contribution in [3.8, 4) is 0 Å². The Labute approximate surface area is 99.4 Å². The highest BCUT2D eigenvalue weighted by molar-refractivity contribution is 6.01. The zero-order chi connectivity index (χ0) is 12.3. The Morgan fingerprint density at radius 3 is 3.12 bits per heavy atom. The molecule has 0 atom stereocenters. The molecule has 0 unspecified atom stereocenters. The normalized spacial score (nSPS) is 14.5. The Morgan fingerprint density at radius 1 is 1.53 bits per heavy atom. The molecule has 2 rings (SSSR count). The molecule has 0 aromatic heterocycles. The fourth-order valence-electron chi connectivity index (χ4n) is 1.93. The van der Waals surface area contributed by atoms with Crippen molar-refractivity contribution in [1.29, 1.82) is 0 Å². The zero-order valence-electron chi connectivity index (χ0n) is 9.70. The number of carbonyl (C=O) groups excluding carboxylic acids is 1. The number of amides is 1. The summed E-state index contributed by atoms with van der Waals surface area (Å²) in [6, 6.07) is 4.44. The lowest BCUT2D eigenvalue weighted by atomic mass is 10.2. The number of methoxy groups -OCH3 is 1. The number of fused-ring (bicyclic) bond motifs is 1. The summed E-state index contributed by atoms with van der Waals surface area (Å²) in [5.74, 6) is -0.455. The molecular formula is C12H15FN2O2. The van der Waals surface area contributed by atoms with E-state index in [0.717, 1.165) is 18.7 Å². The smallest absolute Gasteiger partial charge is 0.243 e. The molecule has 0 fully saturated rings. The van der Waals surface area contributed by atoms with Gasteiger partial charge in [-0.25, -0.2) is 4.39 Å². The molecule has 1 amide bonds. The summed E-state index contributed by atoms with van der Waals surface area (Å²) in [5, 5.41) is 2.67. The molecule has 1 aliphatic heterocycles. The highest BCUT2D eigenvalue weighted by Crippen LogP contribution is 2.29. The van der Waals surface area contributed by atoms with Gasteiger partial charge in [0.15, 0.2) is 0 Å². The molecule has 5 heteroatoms. The summed E-state index contributed by atoms with van der Waals surface area (Å²) >= 11 is 0. The molecule has 0 bridgehead atoms. The maximum Gasteiger partial charge on any atom is 0.243 e. The van der Waals surface area contributed by atoms with E-state index in [1.807, 2.05) is 4.90 Å². The third-order valence-corrected chi connectivity index (χ3v) is 2.68. The van der Waals surface area contributed by atoms with Gasteiger partial charge in [-0.15, -0.1) is 0 Å². The van der Waals surface area contributed by atoms with Crippen molar-refractivity contribution >= 4 is 17.3 Å². The Morgan fingerprint density at radius 2 is 2.35 bits per heavy atom. The van der Waals surface area contributed by atoms with Crippen molar-refractivity contribution in [3.63, 3.8) is 0 Å². The van der Waals surface area contributed by atoms with E-state index in [2.05, 4.69) is 5.32 Å². The van der Waals surface area contributed by atoms with E-state index >= 15 is 0 Å². The van der Waals surface area contributed by atoms with Gasteiger partial charge < -0.3 is 15.0 Å². The second-order valence-electron chi connectivity index (χ2n) is 3.98. The molecule has 1 aromatic carbocycles. The predicted molar refractivity (Wildman–Crippen MR) is 63.7 cm³/mol. The lowest BCUT2D eigenvalue weighted by molar-refractivity contribution is -0.115. The number of hydrogen-bond donors (Lipinski definition) is 1. The van der Waals surface area contributed by atoms with Crippen LogP contribution in [0.2, 0.25) is 0 Å². The van der Waals surface area contributed by atoms with Crippen molar-refractivity contribution < 1.29 is 13.9 Å². The maximum atomic E-state index is 13.1. The summed E-state index contributed by atoms with van der Waals surface area (Å²) < 4.78 is 18.0. The predicted octanol–water partition coefficient (Wildman–Crippen LogP) is 1.62. The van der Waals surface area contributed by atoms with Gasteiger partial charge in [0.05, 0.1) is 17.9 Å². The molecular weight excluding hydrogens is 223 g/mol. The number of nitrogens with zero attached hydrogens (tertiary/aromatic N) is 1. The quantitative estimate of drug-likeness (QED) is 0.810. The van der Waals surface area contributed by atoms with E-state index in [-0.39, 0.29) is 11.7 Å². The van der Waals surface area contributed by atoms with Gasteiger partial charge in [0.2, 0.25) is 5.91 Å². The summed E-state index contributed by atoms with van der Waals surface area (Å²) in [6.45, 7) is 1.68. The lowest BCUT2D eigenvalue weighted by Gasteiger charge is -2.30. The molecule has 92 valence electrons. The zero-order valence-corrected chi connectivity index (χ0v) is 9.70. The van der Waals surface area contributed by atoms with E-state index in [9.17, 15) is 9.18 Å². The Balaban J connectivity index is 2.16. The second kappa shape index (κ2) is 5.14. The molecule has 0 spiro atoms. The number of rotatable bonds is 4. The Kier molecular flexibility index (Phi) is 3.58. The summed E-state index contributed by atoms with van der Waals surface area (Å²) in [6.07, 6.45) is 0.834. The van der Waals surface area contributed by atoms with Crippen LogP contribution >= 0.6 is 0 Å². The fraction of sp³-hybridized carbons (Fsp3) is 0.417. The minimum absolute atomic E-state index is 0.111. The second-order valence-corrected chi connectivity index (χ2v) is 3.98. The van der Waals surface area contributed by atoms with Gasteiger partial charge in [0, 0.05) is 20.3 Å². The molecule has 1 heterocycles. The van der Waals surface area contributed by atoms with E-state index in [4.69, 9.17) is 4.74 Å². The third-order valence-electron chi connectivity index (χ3n) is 2.68. The molecule has 0 radical (unpaired) electrons. The van der Waals surface area contributed by atoms with E-state index < -0.39 is 0 Å². The number of carbonyl (C=O) groups is 1. The molecule has 1 aromatic rings. The molecule has 0 aliphatic carbocycles. The van der Waals surface area contributed by atoms with Crippen LogP contribution in [-0.4, -0.2) is 32.7 Å². The molecule has 1 aliphatic rings. The van der Waals surface area contributed by atoms with Crippen molar-refractivity contribution in [3.05, 3.63) is 24.0 Å². The fourth-order valence-corrected chi connectivity index (χ4v) is 1.93. The third kappa shape index (κ3) is 2.74. The minimum atomic E-state index is -0.345. The molecule has 0 saturated heterocycles. The van der Waals surface area contributed by atoms with Gasteiger partial charge in [0.1, 0.15) is 5.82 Å². The molecule has 1 N–H and O–H groups in total. The average molecular weight is 238 g/mol. The number of hydrogen-bond acceptors (Lipinski definition) is 3. The highest BCUT2D eigenvalue weighted by atomic mass is 19.1. The van der Waals surface area contributed by atoms with Crippen molar-refractivity contribution in [2.24, 2.45) is 0 Å². The molecule has 4 nitrogen and oxygen atoms in total. The first-order valence-corrected chi connectivity index (χ1v) is 5.54. The van der Waals surface area contributed by atoms with Gasteiger partial charge in [-0.05, 0) is 24.6 Å². The Hall–Kier alpha value is -1.62. The Bertz CT molecular complexity index is 423. The average Bonchev–Trinajstić information content (AvgIpc) is 2.28. The standard InChI is InChI=1S/C12H15FN2O2/c1-17-6-2-5-15-8-12(16)14-10-7-9(13)3-4-11(10)15/h3-4,7H,2,5-6,8H2,1H3,(H,14,16). The number of anilines is 2. The molecule has 0 saturated carbocycles. The topological polar surface area (TPSA) is 41.6 Å². The van der Waals surface area contributed by atoms with Crippen LogP contribution in [0.3, 0.4) is 0 Å². The van der Waals surface area contributed by atoms with Crippen molar-refractivity contribution in [2.75, 3.05) is 37.0 Å². The first kappa shape index (κ1) is 11.9. The van der Waals surface area contributed by atoms with Crippen molar-refractivity contribution in [2.45, 2.75) is 6.42 Å². The SMILES string of the molecule is COCCCN1CC(=O)Nc2cc(F)ccc21. The highest BCUT2D eigenvalue weighted by Gasteiger charge is 2.21. The minimum Gasteiger partial charge on any atom is -0.385 e. The molecule has 17 heavy (non-hydrogen) atoms. The number of benzene rings is 1. The first-order chi connectivity index (χ1) is 8.20. The van der Waals surface area contributed by atoms with E-state index in [1.54, 1.807) is 13.2 Å². The van der Waals surface area contributed by atoms with Gasteiger partial charge in [0.25, 0.3) is 0 Å². The van der Waals surface area contributed by atoms with Gasteiger partial charge in [-0.2, -0.15) is 0 Å². The monoisotopic (exact) mass is 238 g/mol. The lowest BCUT2D eigenvalue weighted by Crippen LogP contribution is -2.39. The van der Waals surface area contributed by atoms with Gasteiger partial charge in [-0.1, -0.05) is 0 Å². The van der Waals surface area contributed by atoms with Crippen LogP contribution in [-0.2, 0) is 9.53 Å². The summed E-state index contributed by atoms with van der Waals surface area (Å²) in [7, 11) is 1.65. The van der Waals surface area contributed by atoms with Crippen LogP contribution in [0.15, 0.2) is 18.2 Å². The largest absolute Gasteiger partial charge is 0.385 e. The van der Waals surface area contributed by atoms with Crippen LogP contribution in [0, 0.1) is 5.82 Å². The summed E-state index contributed by atoms with van der Waals surface area (Å²) in [5.41, 5.74) is 1.40. The van der Waals surface area contributed by atoms with Crippen LogP contribution < -0.4 is 10.2 Å². The maximum absolute atomic E-state index is 13.1. The van der Waals surface area contributed by atoms with E-state index in [1.165, 1.54) is 12.1 Å². The van der Waals surface area contributed by atoms with E-state index in [0.29, 0.717) is 18.8 Å².